The van der Waals surface area contributed by atoms with Gasteiger partial charge in [-0.2, -0.15) is 0 Å². The van der Waals surface area contributed by atoms with Crippen LogP contribution in [0, 0.1) is 11.6 Å². The fraction of sp³-hybridized carbons (Fsp3) is 0.429. The molecule has 5 nitrogen and oxygen atoms in total. The Labute approximate surface area is 121 Å². The summed E-state index contributed by atoms with van der Waals surface area (Å²) >= 11 is 0. The van der Waals surface area contributed by atoms with Crippen LogP contribution in [-0.4, -0.2) is 48.2 Å². The van der Waals surface area contributed by atoms with E-state index in [0.717, 1.165) is 18.2 Å². The van der Waals surface area contributed by atoms with Crippen molar-refractivity contribution in [1.29, 1.82) is 0 Å². The van der Waals surface area contributed by atoms with E-state index < -0.39 is 23.5 Å². The normalized spacial score (nSPS) is 10.3. The summed E-state index contributed by atoms with van der Waals surface area (Å²) in [6, 6.07) is 2.78. The first-order valence-corrected chi connectivity index (χ1v) is 6.50. The van der Waals surface area contributed by atoms with Gasteiger partial charge in [0.25, 0.3) is 5.91 Å². The quantitative estimate of drug-likeness (QED) is 0.772. The maximum absolute atomic E-state index is 13.1. The molecule has 0 spiro atoms. The van der Waals surface area contributed by atoms with Crippen molar-refractivity contribution in [1.82, 2.24) is 4.90 Å². The number of aliphatic hydroxyl groups is 1. The van der Waals surface area contributed by atoms with Gasteiger partial charge in [-0.15, -0.1) is 0 Å². The number of hydrogen-bond acceptors (Lipinski definition) is 4. The Morgan fingerprint density at radius 2 is 1.95 bits per heavy atom. The summed E-state index contributed by atoms with van der Waals surface area (Å²) in [5, 5.41) is 8.96. The van der Waals surface area contributed by atoms with Gasteiger partial charge in [0.05, 0.1) is 19.6 Å². The van der Waals surface area contributed by atoms with E-state index in [1.165, 1.54) is 4.90 Å². The number of carbonyl (C=O) groups is 2. The van der Waals surface area contributed by atoms with Gasteiger partial charge in [0.1, 0.15) is 0 Å². The van der Waals surface area contributed by atoms with Gasteiger partial charge < -0.3 is 14.7 Å². The van der Waals surface area contributed by atoms with E-state index in [0.29, 0.717) is 0 Å². The zero-order valence-corrected chi connectivity index (χ0v) is 11.6. The Morgan fingerprint density at radius 1 is 1.24 bits per heavy atom. The van der Waals surface area contributed by atoms with Crippen LogP contribution in [0.5, 0.6) is 0 Å². The molecule has 0 atom stereocenters. The molecule has 1 aromatic rings. The highest BCUT2D eigenvalue weighted by Crippen LogP contribution is 2.11. The fourth-order valence-corrected chi connectivity index (χ4v) is 1.71. The standard InChI is InChI=1S/C14H17F2NO4/c1-2-21-13(19)5-6-17(7-8-18)14(20)10-3-4-11(15)12(16)9-10/h3-4,9,18H,2,5-8H2,1H3. The number of esters is 1. The van der Waals surface area contributed by atoms with E-state index in [1.54, 1.807) is 6.92 Å². The first-order chi connectivity index (χ1) is 9.99. The van der Waals surface area contributed by atoms with Crippen LogP contribution in [0.2, 0.25) is 0 Å². The SMILES string of the molecule is CCOC(=O)CCN(CCO)C(=O)c1ccc(F)c(F)c1. The monoisotopic (exact) mass is 301 g/mol. The number of carbonyl (C=O) groups excluding carboxylic acids is 2. The highest BCUT2D eigenvalue weighted by molar-refractivity contribution is 5.94. The third-order valence-corrected chi connectivity index (χ3v) is 2.71. The average molecular weight is 301 g/mol. The molecular weight excluding hydrogens is 284 g/mol. The highest BCUT2D eigenvalue weighted by Gasteiger charge is 2.18. The molecule has 116 valence electrons. The summed E-state index contributed by atoms with van der Waals surface area (Å²) in [6.07, 6.45) is -0.0384. The number of halogens is 2. The molecule has 0 saturated carbocycles. The van der Waals surface area contributed by atoms with Crippen LogP contribution in [-0.2, 0) is 9.53 Å². The van der Waals surface area contributed by atoms with Crippen molar-refractivity contribution in [2.75, 3.05) is 26.3 Å². The molecule has 0 aromatic heterocycles. The Balaban J connectivity index is 2.76. The largest absolute Gasteiger partial charge is 0.466 e. The second-order valence-corrected chi connectivity index (χ2v) is 4.20. The lowest BCUT2D eigenvalue weighted by molar-refractivity contribution is -0.143. The van der Waals surface area contributed by atoms with Gasteiger partial charge in [0.2, 0.25) is 0 Å². The van der Waals surface area contributed by atoms with Crippen molar-refractivity contribution in [3.8, 4) is 0 Å². The third kappa shape index (κ3) is 5.11. The minimum atomic E-state index is -1.13. The van der Waals surface area contributed by atoms with Gasteiger partial charge in [0, 0.05) is 18.7 Å². The molecule has 0 heterocycles. The number of ether oxygens (including phenoxy) is 1. The summed E-state index contributed by atoms with van der Waals surface area (Å²) in [5.74, 6) is -3.24. The molecule has 1 amide bonds. The second kappa shape index (κ2) is 8.31. The predicted octanol–water partition coefficient (Wildman–Crippen LogP) is 1.35. The summed E-state index contributed by atoms with van der Waals surface area (Å²) < 4.78 is 30.7. The van der Waals surface area contributed by atoms with Crippen LogP contribution in [0.1, 0.15) is 23.7 Å². The van der Waals surface area contributed by atoms with Crippen molar-refractivity contribution in [2.45, 2.75) is 13.3 Å². The van der Waals surface area contributed by atoms with E-state index in [9.17, 15) is 18.4 Å². The van der Waals surface area contributed by atoms with E-state index in [4.69, 9.17) is 9.84 Å². The molecule has 0 fully saturated rings. The molecular formula is C14H17F2NO4. The van der Waals surface area contributed by atoms with Crippen LogP contribution >= 0.6 is 0 Å². The smallest absolute Gasteiger partial charge is 0.307 e. The molecule has 0 aliphatic carbocycles. The van der Waals surface area contributed by atoms with Gasteiger partial charge in [-0.3, -0.25) is 9.59 Å². The van der Waals surface area contributed by atoms with Crippen LogP contribution in [0.25, 0.3) is 0 Å². The van der Waals surface area contributed by atoms with E-state index in [1.807, 2.05) is 0 Å². The van der Waals surface area contributed by atoms with Crippen LogP contribution < -0.4 is 0 Å². The van der Waals surface area contributed by atoms with Crippen molar-refractivity contribution < 1.29 is 28.2 Å². The maximum atomic E-state index is 13.1. The van der Waals surface area contributed by atoms with Gasteiger partial charge in [0.15, 0.2) is 11.6 Å². The van der Waals surface area contributed by atoms with E-state index in [2.05, 4.69) is 0 Å². The van der Waals surface area contributed by atoms with Crippen LogP contribution in [0.3, 0.4) is 0 Å². The fourth-order valence-electron chi connectivity index (χ4n) is 1.71. The molecule has 1 N–H and O–H groups in total. The lowest BCUT2D eigenvalue weighted by Crippen LogP contribution is -2.35. The molecule has 7 heteroatoms. The lowest BCUT2D eigenvalue weighted by Gasteiger charge is -2.21. The van der Waals surface area contributed by atoms with Crippen molar-refractivity contribution in [2.24, 2.45) is 0 Å². The van der Waals surface area contributed by atoms with Crippen molar-refractivity contribution in [3.63, 3.8) is 0 Å². The Hall–Kier alpha value is -2.02. The van der Waals surface area contributed by atoms with Crippen molar-refractivity contribution >= 4 is 11.9 Å². The molecule has 0 unspecified atom stereocenters. The maximum Gasteiger partial charge on any atom is 0.307 e. The number of amides is 1. The molecule has 0 aliphatic heterocycles. The second-order valence-electron chi connectivity index (χ2n) is 4.20. The molecule has 0 bridgehead atoms. The Morgan fingerprint density at radius 3 is 2.52 bits per heavy atom. The number of nitrogens with zero attached hydrogens (tertiary/aromatic N) is 1. The summed E-state index contributed by atoms with van der Waals surface area (Å²) in [4.78, 5) is 24.6. The average Bonchev–Trinajstić information content (AvgIpc) is 2.46. The molecule has 0 aliphatic rings. The first-order valence-electron chi connectivity index (χ1n) is 6.50. The lowest BCUT2D eigenvalue weighted by atomic mass is 10.2. The van der Waals surface area contributed by atoms with Gasteiger partial charge >= 0.3 is 5.97 Å². The predicted molar refractivity (Wildman–Crippen MR) is 70.6 cm³/mol. The Kier molecular flexibility index (Phi) is 6.74. The van der Waals surface area contributed by atoms with Gasteiger partial charge in [-0.25, -0.2) is 8.78 Å². The Bertz CT molecular complexity index is 508. The molecule has 1 rings (SSSR count). The highest BCUT2D eigenvalue weighted by atomic mass is 19.2. The third-order valence-electron chi connectivity index (χ3n) is 2.71. The molecule has 0 saturated heterocycles. The number of aliphatic hydroxyl groups excluding tert-OH is 1. The number of rotatable bonds is 7. The first kappa shape index (κ1) is 17.0. The minimum absolute atomic E-state index is 0.0166. The van der Waals surface area contributed by atoms with Gasteiger partial charge in [-0.1, -0.05) is 0 Å². The van der Waals surface area contributed by atoms with E-state index in [-0.39, 0.29) is 38.3 Å². The van der Waals surface area contributed by atoms with Crippen LogP contribution in [0.4, 0.5) is 8.78 Å². The summed E-state index contributed by atoms with van der Waals surface area (Å²) in [6.45, 7) is 1.60. The molecule has 21 heavy (non-hydrogen) atoms. The molecule has 1 aromatic carbocycles. The van der Waals surface area contributed by atoms with Gasteiger partial charge in [-0.05, 0) is 25.1 Å². The van der Waals surface area contributed by atoms with Crippen LogP contribution in [0.15, 0.2) is 18.2 Å². The topological polar surface area (TPSA) is 66.8 Å². The zero-order chi connectivity index (χ0) is 15.8. The molecule has 0 radical (unpaired) electrons. The number of hydrogen-bond donors (Lipinski definition) is 1. The van der Waals surface area contributed by atoms with E-state index >= 15 is 0 Å². The zero-order valence-electron chi connectivity index (χ0n) is 11.6. The summed E-state index contributed by atoms with van der Waals surface area (Å²) in [7, 11) is 0. The summed E-state index contributed by atoms with van der Waals surface area (Å²) in [5.41, 5.74) is -0.0498. The van der Waals surface area contributed by atoms with Crippen molar-refractivity contribution in [3.05, 3.63) is 35.4 Å². The minimum Gasteiger partial charge on any atom is -0.466 e. The number of benzene rings is 1.